The number of nitrogens with one attached hydrogen (secondary N) is 1. The topological polar surface area (TPSA) is 38.3 Å². The van der Waals surface area contributed by atoms with Gasteiger partial charge in [-0.25, -0.2) is 13.6 Å². The van der Waals surface area contributed by atoms with Crippen molar-refractivity contribution in [3.05, 3.63) is 42.0 Å². The van der Waals surface area contributed by atoms with Gasteiger partial charge in [-0.1, -0.05) is 0 Å². The van der Waals surface area contributed by atoms with Gasteiger partial charge in [-0.15, -0.1) is 11.3 Å². The molecule has 0 aliphatic heterocycles. The van der Waals surface area contributed by atoms with Crippen LogP contribution in [0.2, 0.25) is 0 Å². The molecule has 0 atom stereocenters. The Morgan fingerprint density at radius 3 is 2.57 bits per heavy atom. The normalized spacial score (nSPS) is 11.3. The molecule has 0 fully saturated rings. The van der Waals surface area contributed by atoms with E-state index in [-0.39, 0.29) is 5.56 Å². The van der Waals surface area contributed by atoms with Crippen LogP contribution in [-0.2, 0) is 4.74 Å². The van der Waals surface area contributed by atoms with Gasteiger partial charge in [-0.3, -0.25) is 5.32 Å². The zero-order chi connectivity index (χ0) is 15.6. The lowest BCUT2D eigenvalue weighted by Crippen LogP contribution is -2.26. The highest BCUT2D eigenvalue weighted by Crippen LogP contribution is 2.33. The van der Waals surface area contributed by atoms with Crippen LogP contribution in [0.4, 0.5) is 18.6 Å². The van der Waals surface area contributed by atoms with E-state index in [1.54, 1.807) is 32.9 Å². The molecule has 3 nitrogen and oxygen atoms in total. The maximum absolute atomic E-state index is 13.7. The zero-order valence-electron chi connectivity index (χ0n) is 11.9. The van der Waals surface area contributed by atoms with Crippen molar-refractivity contribution in [2.24, 2.45) is 0 Å². The molecular formula is C15H15F2NO2S. The third kappa shape index (κ3) is 4.26. The Balaban J connectivity index is 2.15. The van der Waals surface area contributed by atoms with Crippen molar-refractivity contribution in [1.82, 2.24) is 0 Å². The van der Waals surface area contributed by atoms with Gasteiger partial charge in [0.2, 0.25) is 0 Å². The molecule has 0 radical (unpaired) electrons. The summed E-state index contributed by atoms with van der Waals surface area (Å²) in [6.07, 6.45) is -0.587. The van der Waals surface area contributed by atoms with E-state index in [1.807, 2.05) is 0 Å². The average molecular weight is 311 g/mol. The quantitative estimate of drug-likeness (QED) is 0.843. The number of carbonyl (C=O) groups is 1. The minimum absolute atomic E-state index is 0.164. The molecule has 0 saturated carbocycles. The van der Waals surface area contributed by atoms with Gasteiger partial charge >= 0.3 is 6.09 Å². The van der Waals surface area contributed by atoms with Gasteiger partial charge in [0, 0.05) is 10.4 Å². The van der Waals surface area contributed by atoms with E-state index in [4.69, 9.17) is 4.74 Å². The zero-order valence-corrected chi connectivity index (χ0v) is 12.7. The Hall–Kier alpha value is -1.95. The third-order valence-electron chi connectivity index (χ3n) is 2.42. The molecule has 2 aromatic rings. The van der Waals surface area contributed by atoms with Crippen molar-refractivity contribution in [1.29, 1.82) is 0 Å². The van der Waals surface area contributed by atoms with Gasteiger partial charge in [-0.2, -0.15) is 0 Å². The molecule has 112 valence electrons. The summed E-state index contributed by atoms with van der Waals surface area (Å²) in [4.78, 5) is 12.2. The summed E-state index contributed by atoms with van der Waals surface area (Å²) >= 11 is 1.14. The average Bonchev–Trinajstić information content (AvgIpc) is 2.78. The van der Waals surface area contributed by atoms with Crippen molar-refractivity contribution >= 4 is 22.4 Å². The van der Waals surface area contributed by atoms with Crippen LogP contribution in [0, 0.1) is 11.6 Å². The van der Waals surface area contributed by atoms with Gasteiger partial charge in [-0.05, 0) is 51.1 Å². The number of halogens is 2. The fourth-order valence-corrected chi connectivity index (χ4v) is 2.55. The minimum Gasteiger partial charge on any atom is -0.444 e. The molecule has 0 bridgehead atoms. The summed E-state index contributed by atoms with van der Waals surface area (Å²) in [5.74, 6) is -1.02. The molecule has 0 spiro atoms. The molecule has 21 heavy (non-hydrogen) atoms. The van der Waals surface area contributed by atoms with Crippen molar-refractivity contribution in [3.63, 3.8) is 0 Å². The first-order chi connectivity index (χ1) is 9.74. The van der Waals surface area contributed by atoms with Crippen molar-refractivity contribution in [3.8, 4) is 10.4 Å². The van der Waals surface area contributed by atoms with Crippen LogP contribution in [0.15, 0.2) is 30.3 Å². The van der Waals surface area contributed by atoms with Gasteiger partial charge in [0.25, 0.3) is 0 Å². The van der Waals surface area contributed by atoms with Gasteiger partial charge < -0.3 is 4.74 Å². The monoisotopic (exact) mass is 311 g/mol. The van der Waals surface area contributed by atoms with E-state index in [2.05, 4.69) is 5.32 Å². The molecule has 1 N–H and O–H groups in total. The van der Waals surface area contributed by atoms with E-state index in [9.17, 15) is 13.6 Å². The molecular weight excluding hydrogens is 296 g/mol. The number of anilines is 1. The van der Waals surface area contributed by atoms with E-state index in [1.165, 1.54) is 0 Å². The van der Waals surface area contributed by atoms with Crippen LogP contribution in [0.5, 0.6) is 0 Å². The molecule has 0 saturated heterocycles. The second kappa shape index (κ2) is 5.81. The van der Waals surface area contributed by atoms with E-state index < -0.39 is 23.3 Å². The lowest BCUT2D eigenvalue weighted by molar-refractivity contribution is 0.0636. The predicted molar refractivity (Wildman–Crippen MR) is 79.5 cm³/mol. The minimum atomic E-state index is -0.598. The maximum Gasteiger partial charge on any atom is 0.412 e. The highest BCUT2D eigenvalue weighted by molar-refractivity contribution is 7.19. The second-order valence-corrected chi connectivity index (χ2v) is 6.50. The van der Waals surface area contributed by atoms with E-state index >= 15 is 0 Å². The van der Waals surface area contributed by atoms with Crippen LogP contribution in [-0.4, -0.2) is 11.7 Å². The predicted octanol–water partition coefficient (Wildman–Crippen LogP) is 5.04. The number of rotatable bonds is 2. The van der Waals surface area contributed by atoms with Crippen LogP contribution < -0.4 is 5.32 Å². The Kier molecular flexibility index (Phi) is 4.27. The lowest BCUT2D eigenvalue weighted by atomic mass is 10.2. The van der Waals surface area contributed by atoms with Crippen LogP contribution in [0.3, 0.4) is 0 Å². The van der Waals surface area contributed by atoms with Crippen molar-refractivity contribution in [2.75, 3.05) is 5.32 Å². The highest BCUT2D eigenvalue weighted by atomic mass is 32.1. The summed E-state index contributed by atoms with van der Waals surface area (Å²) in [5, 5.41) is 3.07. The van der Waals surface area contributed by atoms with Gasteiger partial charge in [0.1, 0.15) is 17.2 Å². The molecule has 0 aliphatic rings. The number of amides is 1. The van der Waals surface area contributed by atoms with Gasteiger partial charge in [0.05, 0.1) is 5.00 Å². The Morgan fingerprint density at radius 2 is 1.90 bits per heavy atom. The van der Waals surface area contributed by atoms with E-state index in [0.717, 1.165) is 29.5 Å². The first-order valence-electron chi connectivity index (χ1n) is 6.30. The first kappa shape index (κ1) is 15.4. The van der Waals surface area contributed by atoms with Crippen LogP contribution >= 0.6 is 11.3 Å². The molecule has 1 aromatic carbocycles. The molecule has 0 aliphatic carbocycles. The molecule has 1 aromatic heterocycles. The number of hydrogen-bond acceptors (Lipinski definition) is 3. The first-order valence-corrected chi connectivity index (χ1v) is 7.11. The maximum atomic E-state index is 13.7. The number of carbonyl (C=O) groups excluding carboxylic acids is 1. The molecule has 6 heteroatoms. The Labute approximate surface area is 125 Å². The van der Waals surface area contributed by atoms with Crippen molar-refractivity contribution < 1.29 is 18.3 Å². The van der Waals surface area contributed by atoms with Crippen LogP contribution in [0.1, 0.15) is 20.8 Å². The number of benzene rings is 1. The number of hydrogen-bond donors (Lipinski definition) is 1. The Morgan fingerprint density at radius 1 is 1.19 bits per heavy atom. The summed E-state index contributed by atoms with van der Waals surface area (Å²) in [6, 6.07) is 6.50. The lowest BCUT2D eigenvalue weighted by Gasteiger charge is -2.19. The summed E-state index contributed by atoms with van der Waals surface area (Å²) < 4.78 is 32.0. The summed E-state index contributed by atoms with van der Waals surface area (Å²) in [5.41, 5.74) is -0.434. The Bertz CT molecular complexity index is 662. The highest BCUT2D eigenvalue weighted by Gasteiger charge is 2.17. The number of thiophene rings is 1. The standard InChI is InChI=1S/C15H15F2NO2S/c1-15(2,3)20-14(19)18-13-7-6-12(21-13)10-8-9(16)4-5-11(10)17/h4-8H,1-3H3,(H,18,19). The molecule has 0 unspecified atom stereocenters. The second-order valence-electron chi connectivity index (χ2n) is 5.41. The summed E-state index contributed by atoms with van der Waals surface area (Å²) in [6.45, 7) is 5.28. The smallest absolute Gasteiger partial charge is 0.412 e. The molecule has 1 amide bonds. The SMILES string of the molecule is CC(C)(C)OC(=O)Nc1ccc(-c2cc(F)ccc2F)s1. The molecule has 1 heterocycles. The van der Waals surface area contributed by atoms with E-state index in [0.29, 0.717) is 9.88 Å². The fourth-order valence-electron chi connectivity index (χ4n) is 1.64. The van der Waals surface area contributed by atoms with Crippen LogP contribution in [0.25, 0.3) is 10.4 Å². The summed E-state index contributed by atoms with van der Waals surface area (Å²) in [7, 11) is 0. The number of ether oxygens (including phenoxy) is 1. The molecule has 2 rings (SSSR count). The van der Waals surface area contributed by atoms with Gasteiger partial charge in [0.15, 0.2) is 0 Å². The van der Waals surface area contributed by atoms with Crippen molar-refractivity contribution in [2.45, 2.75) is 26.4 Å². The fraction of sp³-hybridized carbons (Fsp3) is 0.267. The largest absolute Gasteiger partial charge is 0.444 e. The third-order valence-corrected chi connectivity index (χ3v) is 3.46.